The number of azo groups is 2. The molecule has 0 saturated carbocycles. The van der Waals surface area contributed by atoms with Crippen LogP contribution in [0.15, 0.2) is 81.1 Å². The molecule has 0 atom stereocenters. The standard InChI is InChI=1S/C38H52N6O5/c1-7-9-10-11-12-13-14-15-24-43(25-26-49-37(45)38(4,5)8-2)32-20-16-30(17-21-32)40-42-35-27-29(3)34(28-36(35)48-6)41-39-31-18-22-33(23-19-31)44(46)47/h16-23,27-28H,7-15,24-26H2,1-6H3. The number of unbranched alkanes of at least 4 members (excludes halogenated alkanes) is 7. The van der Waals surface area contributed by atoms with Crippen LogP contribution >= 0.6 is 0 Å². The average Bonchev–Trinajstić information content (AvgIpc) is 3.10. The van der Waals surface area contributed by atoms with Crippen molar-refractivity contribution in [2.45, 2.75) is 92.4 Å². The van der Waals surface area contributed by atoms with E-state index in [9.17, 15) is 14.9 Å². The number of hydrogen-bond acceptors (Lipinski definition) is 10. The monoisotopic (exact) mass is 672 g/mol. The fourth-order valence-corrected chi connectivity index (χ4v) is 5.00. The molecule has 3 rings (SSSR count). The van der Waals surface area contributed by atoms with E-state index in [4.69, 9.17) is 9.47 Å². The van der Waals surface area contributed by atoms with Gasteiger partial charge in [-0.2, -0.15) is 15.3 Å². The number of benzene rings is 3. The van der Waals surface area contributed by atoms with Gasteiger partial charge in [-0.15, -0.1) is 5.11 Å². The zero-order valence-electron chi connectivity index (χ0n) is 30.0. The van der Waals surface area contributed by atoms with Crippen molar-refractivity contribution in [3.8, 4) is 5.75 Å². The van der Waals surface area contributed by atoms with Crippen LogP contribution in [0.25, 0.3) is 0 Å². The number of anilines is 1. The van der Waals surface area contributed by atoms with Gasteiger partial charge >= 0.3 is 5.97 Å². The molecule has 11 heteroatoms. The molecule has 49 heavy (non-hydrogen) atoms. The molecule has 0 unspecified atom stereocenters. The van der Waals surface area contributed by atoms with Gasteiger partial charge < -0.3 is 14.4 Å². The molecule has 0 aliphatic rings. The summed E-state index contributed by atoms with van der Waals surface area (Å²) < 4.78 is 11.2. The predicted octanol–water partition coefficient (Wildman–Crippen LogP) is 11.7. The van der Waals surface area contributed by atoms with Crippen LogP contribution < -0.4 is 9.64 Å². The van der Waals surface area contributed by atoms with E-state index in [2.05, 4.69) is 32.3 Å². The molecule has 264 valence electrons. The van der Waals surface area contributed by atoms with Gasteiger partial charge in [0.25, 0.3) is 5.69 Å². The van der Waals surface area contributed by atoms with Crippen LogP contribution in [0.1, 0.15) is 91.0 Å². The molecule has 0 radical (unpaired) electrons. The first kappa shape index (κ1) is 38.8. The highest BCUT2D eigenvalue weighted by Gasteiger charge is 2.27. The zero-order valence-corrected chi connectivity index (χ0v) is 30.0. The van der Waals surface area contributed by atoms with Crippen LogP contribution in [0.4, 0.5) is 34.1 Å². The normalized spacial score (nSPS) is 11.7. The molecule has 0 saturated heterocycles. The quantitative estimate of drug-likeness (QED) is 0.0364. The summed E-state index contributed by atoms with van der Waals surface area (Å²) in [5.41, 5.74) is 3.68. The smallest absolute Gasteiger partial charge is 0.311 e. The van der Waals surface area contributed by atoms with Crippen LogP contribution in [0.2, 0.25) is 0 Å². The molecule has 0 N–H and O–H groups in total. The van der Waals surface area contributed by atoms with E-state index >= 15 is 0 Å². The SMILES string of the molecule is CCCCCCCCCCN(CCOC(=O)C(C)(C)CC)c1ccc(N=Nc2cc(C)c(N=Nc3ccc([N+](=O)[O-])cc3)cc2OC)cc1. The second-order valence-electron chi connectivity index (χ2n) is 12.8. The maximum absolute atomic E-state index is 12.6. The highest BCUT2D eigenvalue weighted by Crippen LogP contribution is 2.37. The van der Waals surface area contributed by atoms with Gasteiger partial charge in [0.2, 0.25) is 0 Å². The number of non-ortho nitro benzene ring substituents is 1. The largest absolute Gasteiger partial charge is 0.494 e. The lowest BCUT2D eigenvalue weighted by atomic mass is 9.91. The molecule has 3 aromatic rings. The molecular weight excluding hydrogens is 620 g/mol. The Labute approximate surface area is 291 Å². The predicted molar refractivity (Wildman–Crippen MR) is 195 cm³/mol. The van der Waals surface area contributed by atoms with Crippen molar-refractivity contribution in [2.75, 3.05) is 31.7 Å². The Hall–Kier alpha value is -4.67. The fourth-order valence-electron chi connectivity index (χ4n) is 5.00. The molecule has 0 spiro atoms. The number of esters is 1. The van der Waals surface area contributed by atoms with E-state index < -0.39 is 10.3 Å². The van der Waals surface area contributed by atoms with Crippen molar-refractivity contribution in [1.82, 2.24) is 0 Å². The average molecular weight is 673 g/mol. The van der Waals surface area contributed by atoms with E-state index in [1.54, 1.807) is 25.3 Å². The third-order valence-electron chi connectivity index (χ3n) is 8.63. The molecule has 0 bridgehead atoms. The minimum atomic E-state index is -0.490. The Kier molecular flexibility index (Phi) is 15.8. The molecule has 3 aromatic carbocycles. The van der Waals surface area contributed by atoms with Crippen LogP contribution in [-0.4, -0.2) is 37.7 Å². The zero-order chi connectivity index (χ0) is 35.6. The summed E-state index contributed by atoms with van der Waals surface area (Å²) in [6.07, 6.45) is 10.7. The van der Waals surface area contributed by atoms with Gasteiger partial charge in [-0.3, -0.25) is 14.9 Å². The Morgan fingerprint density at radius 2 is 1.37 bits per heavy atom. The molecule has 0 heterocycles. The Balaban J connectivity index is 1.67. The van der Waals surface area contributed by atoms with E-state index in [0.29, 0.717) is 41.7 Å². The lowest BCUT2D eigenvalue weighted by Gasteiger charge is -2.26. The second kappa shape index (κ2) is 20.0. The summed E-state index contributed by atoms with van der Waals surface area (Å²) in [5.74, 6) is 0.324. The summed E-state index contributed by atoms with van der Waals surface area (Å²) in [6.45, 7) is 11.8. The number of hydrogen-bond donors (Lipinski definition) is 0. The first-order valence-electron chi connectivity index (χ1n) is 17.4. The summed E-state index contributed by atoms with van der Waals surface area (Å²) in [6, 6.07) is 17.3. The van der Waals surface area contributed by atoms with E-state index in [1.165, 1.54) is 57.1 Å². The van der Waals surface area contributed by atoms with E-state index in [1.807, 2.05) is 58.0 Å². The Morgan fingerprint density at radius 1 is 0.796 bits per heavy atom. The molecule has 0 aromatic heterocycles. The van der Waals surface area contributed by atoms with Crippen molar-refractivity contribution in [2.24, 2.45) is 25.9 Å². The lowest BCUT2D eigenvalue weighted by Crippen LogP contribution is -2.32. The maximum atomic E-state index is 12.6. The van der Waals surface area contributed by atoms with Gasteiger partial charge in [-0.1, -0.05) is 58.8 Å². The second-order valence-corrected chi connectivity index (χ2v) is 12.8. The molecule has 0 aliphatic heterocycles. The van der Waals surface area contributed by atoms with Crippen LogP contribution in [0, 0.1) is 22.5 Å². The third kappa shape index (κ3) is 12.7. The van der Waals surface area contributed by atoms with Gasteiger partial charge in [-0.05, 0) is 81.6 Å². The van der Waals surface area contributed by atoms with Crippen LogP contribution in [0.5, 0.6) is 5.75 Å². The number of aryl methyl sites for hydroxylation is 1. The van der Waals surface area contributed by atoms with Gasteiger partial charge in [0.05, 0.1) is 41.1 Å². The Bertz CT molecular complexity index is 1540. The van der Waals surface area contributed by atoms with Crippen molar-refractivity contribution in [3.63, 3.8) is 0 Å². The number of nitro benzene ring substituents is 1. The summed E-state index contributed by atoms with van der Waals surface area (Å²) in [7, 11) is 1.55. The van der Waals surface area contributed by atoms with Crippen molar-refractivity contribution < 1.29 is 19.2 Å². The van der Waals surface area contributed by atoms with Crippen LogP contribution in [-0.2, 0) is 9.53 Å². The van der Waals surface area contributed by atoms with Gasteiger partial charge in [-0.25, -0.2) is 0 Å². The number of rotatable bonds is 21. The van der Waals surface area contributed by atoms with Gasteiger partial charge in [0.15, 0.2) is 0 Å². The summed E-state index contributed by atoms with van der Waals surface area (Å²) in [5, 5.41) is 28.3. The Morgan fingerprint density at radius 3 is 1.94 bits per heavy atom. The highest BCUT2D eigenvalue weighted by atomic mass is 16.6. The molecular formula is C38H52N6O5. The molecule has 11 nitrogen and oxygen atoms in total. The number of methoxy groups -OCH3 is 1. The number of ether oxygens (including phenoxy) is 2. The number of carbonyl (C=O) groups excluding carboxylic acids is 1. The maximum Gasteiger partial charge on any atom is 0.311 e. The lowest BCUT2D eigenvalue weighted by molar-refractivity contribution is -0.384. The van der Waals surface area contributed by atoms with Crippen molar-refractivity contribution >= 4 is 40.1 Å². The number of nitrogens with zero attached hydrogens (tertiary/aromatic N) is 6. The first-order chi connectivity index (χ1) is 23.6. The minimum absolute atomic E-state index is 0.00780. The molecule has 0 amide bonds. The topological polar surface area (TPSA) is 131 Å². The van der Waals surface area contributed by atoms with E-state index in [-0.39, 0.29) is 11.7 Å². The van der Waals surface area contributed by atoms with Gasteiger partial charge in [0, 0.05) is 30.4 Å². The van der Waals surface area contributed by atoms with Gasteiger partial charge in [0.1, 0.15) is 18.0 Å². The van der Waals surface area contributed by atoms with Crippen molar-refractivity contribution in [3.05, 3.63) is 76.3 Å². The molecule has 0 fully saturated rings. The van der Waals surface area contributed by atoms with Crippen molar-refractivity contribution in [1.29, 1.82) is 0 Å². The summed E-state index contributed by atoms with van der Waals surface area (Å²) >= 11 is 0. The number of carbonyl (C=O) groups is 1. The summed E-state index contributed by atoms with van der Waals surface area (Å²) in [4.78, 5) is 25.3. The third-order valence-corrected chi connectivity index (χ3v) is 8.63. The van der Waals surface area contributed by atoms with Crippen LogP contribution in [0.3, 0.4) is 0 Å². The van der Waals surface area contributed by atoms with E-state index in [0.717, 1.165) is 30.6 Å². The molecule has 0 aliphatic carbocycles. The minimum Gasteiger partial charge on any atom is -0.494 e. The first-order valence-corrected chi connectivity index (χ1v) is 17.4. The fraction of sp³-hybridized carbons (Fsp3) is 0.500. The highest BCUT2D eigenvalue weighted by molar-refractivity contribution is 5.75. The number of nitro groups is 1.